The average molecular weight is 392 g/mol. The van der Waals surface area contributed by atoms with Crippen LogP contribution in [0.4, 0.5) is 19.0 Å². The van der Waals surface area contributed by atoms with Gasteiger partial charge in [0.2, 0.25) is 0 Å². The second kappa shape index (κ2) is 6.30. The number of hydrogen-bond donors (Lipinski definition) is 1. The normalized spacial score (nSPS) is 13.6. The van der Waals surface area contributed by atoms with Crippen molar-refractivity contribution in [1.82, 2.24) is 9.78 Å². The largest absolute Gasteiger partial charge is 0.417 e. The van der Waals surface area contributed by atoms with Crippen LogP contribution in [-0.4, -0.2) is 16.3 Å². The molecule has 1 N–H and O–H groups in total. The van der Waals surface area contributed by atoms with Gasteiger partial charge in [-0.25, -0.2) is 4.68 Å². The van der Waals surface area contributed by atoms with Crippen molar-refractivity contribution in [2.24, 2.45) is 0 Å². The van der Waals surface area contributed by atoms with Crippen LogP contribution in [0.1, 0.15) is 22.3 Å². The molecule has 3 nitrogen and oxygen atoms in total. The lowest BCUT2D eigenvalue weighted by molar-refractivity contribution is -0.137. The molecular formula is C20H17ClF3N3. The van der Waals surface area contributed by atoms with Crippen LogP contribution < -0.4 is 5.32 Å². The van der Waals surface area contributed by atoms with Gasteiger partial charge >= 0.3 is 6.18 Å². The van der Waals surface area contributed by atoms with Gasteiger partial charge in [-0.05, 0) is 49.6 Å². The molecule has 0 radical (unpaired) electrons. The van der Waals surface area contributed by atoms with Crippen molar-refractivity contribution in [3.05, 3.63) is 63.7 Å². The zero-order chi connectivity index (χ0) is 19.3. The Balaban J connectivity index is 1.91. The van der Waals surface area contributed by atoms with Gasteiger partial charge < -0.3 is 5.32 Å². The first-order valence-electron chi connectivity index (χ1n) is 8.57. The van der Waals surface area contributed by atoms with Crippen LogP contribution in [0.5, 0.6) is 0 Å². The molecule has 3 aromatic rings. The van der Waals surface area contributed by atoms with E-state index in [-0.39, 0.29) is 5.02 Å². The molecule has 0 saturated heterocycles. The van der Waals surface area contributed by atoms with E-state index in [2.05, 4.69) is 10.4 Å². The number of aryl methyl sites for hydroxylation is 1. The van der Waals surface area contributed by atoms with Gasteiger partial charge in [0.25, 0.3) is 0 Å². The van der Waals surface area contributed by atoms with Gasteiger partial charge in [-0.3, -0.25) is 0 Å². The Labute approximate surface area is 159 Å². The second-order valence-corrected chi connectivity index (χ2v) is 7.08. The first-order chi connectivity index (χ1) is 12.8. The fraction of sp³-hybridized carbons (Fsp3) is 0.250. The van der Waals surface area contributed by atoms with E-state index in [0.29, 0.717) is 17.7 Å². The highest BCUT2D eigenvalue weighted by Gasteiger charge is 2.34. The summed E-state index contributed by atoms with van der Waals surface area (Å²) in [7, 11) is 0. The van der Waals surface area contributed by atoms with Crippen LogP contribution in [0.2, 0.25) is 5.02 Å². The van der Waals surface area contributed by atoms with Gasteiger partial charge in [0, 0.05) is 17.7 Å². The Morgan fingerprint density at radius 3 is 2.67 bits per heavy atom. The highest BCUT2D eigenvalue weighted by atomic mass is 35.5. The summed E-state index contributed by atoms with van der Waals surface area (Å²) >= 11 is 5.77. The van der Waals surface area contributed by atoms with Crippen LogP contribution in [-0.2, 0) is 12.6 Å². The zero-order valence-corrected chi connectivity index (χ0v) is 15.5. The molecule has 0 aliphatic carbocycles. The predicted octanol–water partition coefficient (Wildman–Crippen LogP) is 5.80. The molecular weight excluding hydrogens is 375 g/mol. The first-order valence-corrected chi connectivity index (χ1v) is 8.94. The second-order valence-electron chi connectivity index (χ2n) is 6.68. The highest BCUT2D eigenvalue weighted by Crippen LogP contribution is 2.40. The molecule has 0 unspecified atom stereocenters. The van der Waals surface area contributed by atoms with Crippen molar-refractivity contribution in [1.29, 1.82) is 0 Å². The summed E-state index contributed by atoms with van der Waals surface area (Å²) < 4.78 is 41.6. The monoisotopic (exact) mass is 391 g/mol. The summed E-state index contributed by atoms with van der Waals surface area (Å²) in [6.45, 7) is 4.76. The lowest BCUT2D eigenvalue weighted by Crippen LogP contribution is -2.07. The van der Waals surface area contributed by atoms with Gasteiger partial charge in [0.05, 0.1) is 22.0 Å². The van der Waals surface area contributed by atoms with Crippen molar-refractivity contribution < 1.29 is 13.2 Å². The summed E-state index contributed by atoms with van der Waals surface area (Å²) in [4.78, 5) is 0. The number of rotatable bonds is 2. The van der Waals surface area contributed by atoms with Crippen molar-refractivity contribution in [3.8, 4) is 16.9 Å². The van der Waals surface area contributed by atoms with E-state index < -0.39 is 11.7 Å². The van der Waals surface area contributed by atoms with Crippen molar-refractivity contribution in [3.63, 3.8) is 0 Å². The lowest BCUT2D eigenvalue weighted by atomic mass is 10.0. The molecule has 0 spiro atoms. The number of alkyl halides is 3. The topological polar surface area (TPSA) is 29.9 Å². The third-order valence-electron chi connectivity index (χ3n) is 5.00. The molecule has 4 rings (SSSR count). The molecule has 0 fully saturated rings. The molecule has 2 heterocycles. The fourth-order valence-electron chi connectivity index (χ4n) is 3.44. The standard InChI is InChI=1S/C20H17ClF3N3/c1-11-4-3-5-17(12(11)2)27-19-14(8-9-25-19)18(26-27)13-6-7-16(21)15(10-13)20(22,23)24/h3-7,10,25H,8-9H2,1-2H3. The zero-order valence-electron chi connectivity index (χ0n) is 14.8. The van der Waals surface area contributed by atoms with Gasteiger partial charge in [-0.15, -0.1) is 0 Å². The molecule has 0 bridgehead atoms. The Hall–Kier alpha value is -2.47. The summed E-state index contributed by atoms with van der Waals surface area (Å²) in [5.74, 6) is 0.835. The average Bonchev–Trinajstić information content (AvgIpc) is 3.20. The number of anilines is 1. The quantitative estimate of drug-likeness (QED) is 0.598. The third kappa shape index (κ3) is 2.98. The van der Waals surface area contributed by atoms with E-state index in [1.165, 1.54) is 6.07 Å². The number of nitrogens with one attached hydrogen (secondary N) is 1. The molecule has 1 aliphatic rings. The molecule has 0 amide bonds. The molecule has 27 heavy (non-hydrogen) atoms. The molecule has 2 aromatic carbocycles. The van der Waals surface area contributed by atoms with E-state index >= 15 is 0 Å². The maximum Gasteiger partial charge on any atom is 0.417 e. The Kier molecular flexibility index (Phi) is 4.18. The number of benzene rings is 2. The van der Waals surface area contributed by atoms with E-state index in [0.717, 1.165) is 40.8 Å². The van der Waals surface area contributed by atoms with Crippen molar-refractivity contribution >= 4 is 17.4 Å². The minimum Gasteiger partial charge on any atom is -0.369 e. The van der Waals surface area contributed by atoms with E-state index in [1.54, 1.807) is 10.7 Å². The molecule has 140 valence electrons. The summed E-state index contributed by atoms with van der Waals surface area (Å²) in [6, 6.07) is 9.88. The van der Waals surface area contributed by atoms with Gasteiger partial charge in [-0.1, -0.05) is 29.8 Å². The Morgan fingerprint density at radius 1 is 1.15 bits per heavy atom. The predicted molar refractivity (Wildman–Crippen MR) is 101 cm³/mol. The van der Waals surface area contributed by atoms with Gasteiger partial charge in [0.15, 0.2) is 0 Å². The summed E-state index contributed by atoms with van der Waals surface area (Å²) in [5, 5.41) is 7.67. The fourth-order valence-corrected chi connectivity index (χ4v) is 3.66. The molecule has 7 heteroatoms. The highest BCUT2D eigenvalue weighted by molar-refractivity contribution is 6.31. The molecule has 1 aliphatic heterocycles. The van der Waals surface area contributed by atoms with E-state index in [9.17, 15) is 13.2 Å². The smallest absolute Gasteiger partial charge is 0.369 e. The summed E-state index contributed by atoms with van der Waals surface area (Å²) in [5.41, 5.74) is 4.16. The molecule has 1 aromatic heterocycles. The maximum absolute atomic E-state index is 13.3. The van der Waals surface area contributed by atoms with Gasteiger partial charge in [0.1, 0.15) is 5.82 Å². The summed E-state index contributed by atoms with van der Waals surface area (Å²) in [6.07, 6.45) is -3.80. The molecule has 0 atom stereocenters. The minimum atomic E-state index is -4.51. The Bertz CT molecular complexity index is 1040. The number of fused-ring (bicyclic) bond motifs is 1. The van der Waals surface area contributed by atoms with E-state index in [1.807, 2.05) is 32.0 Å². The van der Waals surface area contributed by atoms with Crippen molar-refractivity contribution in [2.75, 3.05) is 11.9 Å². The van der Waals surface area contributed by atoms with Crippen LogP contribution in [0, 0.1) is 13.8 Å². The lowest BCUT2D eigenvalue weighted by Gasteiger charge is -2.12. The van der Waals surface area contributed by atoms with Crippen LogP contribution >= 0.6 is 11.6 Å². The number of aromatic nitrogens is 2. The number of nitrogens with zero attached hydrogens (tertiary/aromatic N) is 2. The van der Waals surface area contributed by atoms with Gasteiger partial charge in [-0.2, -0.15) is 18.3 Å². The van der Waals surface area contributed by atoms with Crippen LogP contribution in [0.25, 0.3) is 16.9 Å². The van der Waals surface area contributed by atoms with Crippen LogP contribution in [0.3, 0.4) is 0 Å². The SMILES string of the molecule is Cc1cccc(-n2nc(-c3ccc(Cl)c(C(F)(F)F)c3)c3c2NCC3)c1C. The van der Waals surface area contributed by atoms with Crippen LogP contribution in [0.15, 0.2) is 36.4 Å². The number of halogens is 4. The maximum atomic E-state index is 13.3. The minimum absolute atomic E-state index is 0.310. The first kappa shape index (κ1) is 17.9. The molecule has 0 saturated carbocycles. The number of hydrogen-bond acceptors (Lipinski definition) is 2. The van der Waals surface area contributed by atoms with E-state index in [4.69, 9.17) is 11.6 Å². The Morgan fingerprint density at radius 2 is 1.93 bits per heavy atom. The van der Waals surface area contributed by atoms with Crippen molar-refractivity contribution in [2.45, 2.75) is 26.4 Å². The third-order valence-corrected chi connectivity index (χ3v) is 5.33.